The fourth-order valence-corrected chi connectivity index (χ4v) is 2.57. The fourth-order valence-electron chi connectivity index (χ4n) is 1.57. The van der Waals surface area contributed by atoms with Crippen molar-refractivity contribution in [1.82, 2.24) is 9.88 Å². The number of hydrogen-bond donors (Lipinski definition) is 3. The summed E-state index contributed by atoms with van der Waals surface area (Å²) < 4.78 is 4.96. The Balaban J connectivity index is 2.84. The summed E-state index contributed by atoms with van der Waals surface area (Å²) in [6.07, 6.45) is 0. The van der Waals surface area contributed by atoms with E-state index in [-0.39, 0.29) is 30.9 Å². The molecule has 1 rings (SSSR count). The minimum Gasteiger partial charge on any atom is -0.395 e. The lowest BCUT2D eigenvalue weighted by Crippen LogP contribution is -2.36. The van der Waals surface area contributed by atoms with Gasteiger partial charge in [-0.15, -0.1) is 0 Å². The van der Waals surface area contributed by atoms with Crippen LogP contribution < -0.4 is 11.1 Å². The second-order valence-corrected chi connectivity index (χ2v) is 5.54. The van der Waals surface area contributed by atoms with Gasteiger partial charge in [0, 0.05) is 26.2 Å². The SMILES string of the molecule is COCCN(CCO)C(=O)c1sc(NC(C)C)nc1N. The number of methoxy groups -OCH3 is 1. The number of amides is 1. The van der Waals surface area contributed by atoms with E-state index in [4.69, 9.17) is 15.6 Å². The molecule has 1 heterocycles. The number of nitrogens with two attached hydrogens (primary N) is 1. The molecule has 0 saturated heterocycles. The fraction of sp³-hybridized carbons (Fsp3) is 0.667. The summed E-state index contributed by atoms with van der Waals surface area (Å²) in [6.45, 7) is 4.91. The number of nitrogen functional groups attached to an aromatic ring is 1. The first kappa shape index (κ1) is 16.7. The number of rotatable bonds is 8. The molecule has 0 atom stereocenters. The molecule has 7 nitrogen and oxygen atoms in total. The zero-order chi connectivity index (χ0) is 15.1. The summed E-state index contributed by atoms with van der Waals surface area (Å²) in [4.78, 5) is 18.4. The van der Waals surface area contributed by atoms with Crippen LogP contribution in [0.4, 0.5) is 10.9 Å². The molecule has 0 aromatic carbocycles. The van der Waals surface area contributed by atoms with Crippen LogP contribution in [0.5, 0.6) is 0 Å². The maximum Gasteiger partial charge on any atom is 0.268 e. The van der Waals surface area contributed by atoms with Gasteiger partial charge in [0.25, 0.3) is 5.91 Å². The maximum atomic E-state index is 12.4. The predicted molar refractivity (Wildman–Crippen MR) is 80.2 cm³/mol. The smallest absolute Gasteiger partial charge is 0.268 e. The van der Waals surface area contributed by atoms with E-state index in [0.717, 1.165) is 0 Å². The van der Waals surface area contributed by atoms with E-state index in [0.29, 0.717) is 23.2 Å². The number of nitrogens with zero attached hydrogens (tertiary/aromatic N) is 2. The Labute approximate surface area is 122 Å². The summed E-state index contributed by atoms with van der Waals surface area (Å²) >= 11 is 1.22. The monoisotopic (exact) mass is 302 g/mol. The molecule has 0 aliphatic rings. The number of anilines is 2. The van der Waals surface area contributed by atoms with Gasteiger partial charge in [0.2, 0.25) is 0 Å². The van der Waals surface area contributed by atoms with E-state index >= 15 is 0 Å². The molecule has 0 unspecified atom stereocenters. The molecule has 0 aliphatic heterocycles. The van der Waals surface area contributed by atoms with E-state index in [1.54, 1.807) is 7.11 Å². The normalized spacial score (nSPS) is 10.8. The molecule has 1 aromatic heterocycles. The predicted octanol–water partition coefficient (Wildman–Crippen LogP) is 0.626. The van der Waals surface area contributed by atoms with Crippen molar-refractivity contribution in [3.63, 3.8) is 0 Å². The van der Waals surface area contributed by atoms with Crippen LogP contribution in [0.2, 0.25) is 0 Å². The van der Waals surface area contributed by atoms with Gasteiger partial charge in [-0.25, -0.2) is 4.98 Å². The quantitative estimate of drug-likeness (QED) is 0.651. The lowest BCUT2D eigenvalue weighted by molar-refractivity contribution is 0.0662. The summed E-state index contributed by atoms with van der Waals surface area (Å²) in [6, 6.07) is 0.213. The number of carbonyl (C=O) groups excluding carboxylic acids is 1. The second-order valence-electron chi connectivity index (χ2n) is 4.54. The molecular weight excluding hydrogens is 280 g/mol. The van der Waals surface area contributed by atoms with E-state index in [2.05, 4.69) is 10.3 Å². The van der Waals surface area contributed by atoms with E-state index in [9.17, 15) is 4.79 Å². The van der Waals surface area contributed by atoms with E-state index in [1.165, 1.54) is 16.2 Å². The molecule has 0 bridgehead atoms. The van der Waals surface area contributed by atoms with Crippen LogP contribution >= 0.6 is 11.3 Å². The van der Waals surface area contributed by atoms with Gasteiger partial charge in [-0.1, -0.05) is 11.3 Å². The van der Waals surface area contributed by atoms with Gasteiger partial charge < -0.3 is 25.8 Å². The highest BCUT2D eigenvalue weighted by Gasteiger charge is 2.22. The molecule has 0 spiro atoms. The minimum atomic E-state index is -0.233. The van der Waals surface area contributed by atoms with Gasteiger partial charge in [0.1, 0.15) is 10.7 Å². The van der Waals surface area contributed by atoms with Gasteiger partial charge in [0.05, 0.1) is 13.2 Å². The number of aliphatic hydroxyl groups is 1. The lowest BCUT2D eigenvalue weighted by Gasteiger charge is -2.20. The molecule has 1 amide bonds. The number of carbonyl (C=O) groups is 1. The Kier molecular flexibility index (Phi) is 6.69. The van der Waals surface area contributed by atoms with Crippen molar-refractivity contribution >= 4 is 28.2 Å². The average Bonchev–Trinajstić information content (AvgIpc) is 2.73. The van der Waals surface area contributed by atoms with Crippen molar-refractivity contribution in [1.29, 1.82) is 0 Å². The van der Waals surface area contributed by atoms with E-state index < -0.39 is 0 Å². The Bertz CT molecular complexity index is 436. The summed E-state index contributed by atoms with van der Waals surface area (Å²) in [7, 11) is 1.56. The van der Waals surface area contributed by atoms with Gasteiger partial charge in [-0.05, 0) is 13.8 Å². The molecule has 1 aromatic rings. The second kappa shape index (κ2) is 8.03. The molecule has 4 N–H and O–H groups in total. The van der Waals surface area contributed by atoms with Crippen molar-refractivity contribution in [2.24, 2.45) is 0 Å². The summed E-state index contributed by atoms with van der Waals surface area (Å²) in [5.41, 5.74) is 5.80. The van der Waals surface area contributed by atoms with Crippen molar-refractivity contribution < 1.29 is 14.6 Å². The molecule has 0 saturated carbocycles. The molecule has 20 heavy (non-hydrogen) atoms. The van der Waals surface area contributed by atoms with Gasteiger partial charge >= 0.3 is 0 Å². The number of aromatic nitrogens is 1. The average molecular weight is 302 g/mol. The largest absolute Gasteiger partial charge is 0.395 e. The van der Waals surface area contributed by atoms with Gasteiger partial charge in [-0.2, -0.15) is 0 Å². The lowest BCUT2D eigenvalue weighted by atomic mass is 10.4. The highest BCUT2D eigenvalue weighted by molar-refractivity contribution is 7.18. The van der Waals surface area contributed by atoms with Crippen LogP contribution in [-0.2, 0) is 4.74 Å². The van der Waals surface area contributed by atoms with E-state index in [1.807, 2.05) is 13.8 Å². The van der Waals surface area contributed by atoms with Crippen LogP contribution in [0.15, 0.2) is 0 Å². The topological polar surface area (TPSA) is 101 Å². The van der Waals surface area contributed by atoms with Crippen LogP contribution in [-0.4, -0.2) is 60.4 Å². The minimum absolute atomic E-state index is 0.106. The highest BCUT2D eigenvalue weighted by Crippen LogP contribution is 2.26. The van der Waals surface area contributed by atoms with Crippen molar-refractivity contribution in [2.45, 2.75) is 19.9 Å². The van der Waals surface area contributed by atoms with Crippen LogP contribution in [0.25, 0.3) is 0 Å². The highest BCUT2D eigenvalue weighted by atomic mass is 32.1. The molecule has 8 heteroatoms. The molecule has 0 fully saturated rings. The van der Waals surface area contributed by atoms with Crippen LogP contribution in [0.1, 0.15) is 23.5 Å². The van der Waals surface area contributed by atoms with Crippen molar-refractivity contribution in [2.75, 3.05) is 44.5 Å². The first-order valence-corrected chi connectivity index (χ1v) is 7.23. The molecular formula is C12H22N4O3S. The Hall–Kier alpha value is -1.38. The maximum absolute atomic E-state index is 12.4. The standard InChI is InChI=1S/C12H22N4O3S/c1-8(2)14-12-15-10(13)9(20-12)11(18)16(4-6-17)5-7-19-3/h8,17H,4-7,13H2,1-3H3,(H,14,15). The van der Waals surface area contributed by atoms with Crippen LogP contribution in [0, 0.1) is 0 Å². The Morgan fingerprint density at radius 2 is 2.25 bits per heavy atom. The number of hydrogen-bond acceptors (Lipinski definition) is 7. The molecule has 0 aliphatic carbocycles. The van der Waals surface area contributed by atoms with Crippen molar-refractivity contribution in [3.8, 4) is 0 Å². The summed E-state index contributed by atoms with van der Waals surface area (Å²) in [5.74, 6) is -0.0218. The molecule has 114 valence electrons. The van der Waals surface area contributed by atoms with Gasteiger partial charge in [-0.3, -0.25) is 4.79 Å². The Morgan fingerprint density at radius 1 is 1.55 bits per heavy atom. The third-order valence-corrected chi connectivity index (χ3v) is 3.47. The first-order valence-electron chi connectivity index (χ1n) is 6.41. The number of thiazole rings is 1. The molecule has 0 radical (unpaired) electrons. The zero-order valence-corrected chi connectivity index (χ0v) is 12.9. The first-order chi connectivity index (χ1) is 9.49. The number of ether oxygens (including phenoxy) is 1. The zero-order valence-electron chi connectivity index (χ0n) is 12.0. The van der Waals surface area contributed by atoms with Crippen molar-refractivity contribution in [3.05, 3.63) is 4.88 Å². The third-order valence-electron chi connectivity index (χ3n) is 2.48. The van der Waals surface area contributed by atoms with Crippen LogP contribution in [0.3, 0.4) is 0 Å². The summed E-state index contributed by atoms with van der Waals surface area (Å²) in [5, 5.41) is 12.8. The third kappa shape index (κ3) is 4.62. The number of aliphatic hydroxyl groups excluding tert-OH is 1. The Morgan fingerprint density at radius 3 is 2.80 bits per heavy atom. The number of nitrogens with one attached hydrogen (secondary N) is 1. The van der Waals surface area contributed by atoms with Gasteiger partial charge in [0.15, 0.2) is 5.13 Å².